The van der Waals surface area contributed by atoms with Crippen molar-refractivity contribution in [2.24, 2.45) is 0 Å². The minimum atomic E-state index is 0.490. The molecule has 0 aliphatic rings. The number of aromatic amines is 1. The minimum absolute atomic E-state index is 0.490. The third-order valence-corrected chi connectivity index (χ3v) is 5.08. The predicted octanol–water partition coefficient (Wildman–Crippen LogP) is 5.61. The molecule has 3 aromatic carbocycles. The summed E-state index contributed by atoms with van der Waals surface area (Å²) in [6.07, 6.45) is 0.932. The second kappa shape index (κ2) is 6.53. The van der Waals surface area contributed by atoms with E-state index >= 15 is 0 Å². The Labute approximate surface area is 162 Å². The summed E-state index contributed by atoms with van der Waals surface area (Å²) >= 11 is 0. The van der Waals surface area contributed by atoms with Crippen molar-refractivity contribution in [3.05, 3.63) is 66.2 Å². The number of rotatable bonds is 4. The molecule has 0 amide bonds. The number of para-hydroxylation sites is 1. The number of aryl methyl sites for hydroxylation is 1. The topological polar surface area (TPSA) is 63.9 Å². The summed E-state index contributed by atoms with van der Waals surface area (Å²) in [6.45, 7) is 2.15. The Bertz CT molecular complexity index is 1280. The monoisotopic (exact) mass is 369 g/mol. The van der Waals surface area contributed by atoms with Gasteiger partial charge in [-0.3, -0.25) is 0 Å². The Hall–Kier alpha value is -3.60. The quantitative estimate of drug-likeness (QED) is 0.447. The van der Waals surface area contributed by atoms with E-state index in [1.165, 1.54) is 16.3 Å². The molecule has 0 unspecified atom stereocenters. The molecule has 0 bridgehead atoms. The van der Waals surface area contributed by atoms with Crippen LogP contribution in [0.4, 0.5) is 0 Å². The maximum absolute atomic E-state index is 6.05. The highest BCUT2D eigenvalue weighted by Gasteiger charge is 2.17. The van der Waals surface area contributed by atoms with Crippen molar-refractivity contribution in [1.29, 1.82) is 0 Å². The maximum atomic E-state index is 6.05. The molecule has 0 saturated heterocycles. The molecule has 1 N–H and O–H groups in total. The molecule has 5 aromatic rings. The number of methoxy groups -OCH3 is 1. The van der Waals surface area contributed by atoms with Crippen molar-refractivity contribution in [3.8, 4) is 28.7 Å². The van der Waals surface area contributed by atoms with Gasteiger partial charge in [0.2, 0.25) is 11.8 Å². The Morgan fingerprint density at radius 3 is 2.50 bits per heavy atom. The van der Waals surface area contributed by atoms with Gasteiger partial charge in [0.15, 0.2) is 0 Å². The maximum Gasteiger partial charge on any atom is 0.250 e. The van der Waals surface area contributed by atoms with Gasteiger partial charge in [0.1, 0.15) is 5.75 Å². The minimum Gasteiger partial charge on any atom is -0.497 e. The van der Waals surface area contributed by atoms with Crippen molar-refractivity contribution in [3.63, 3.8) is 0 Å². The highest BCUT2D eigenvalue weighted by atomic mass is 16.5. The second-order valence-corrected chi connectivity index (χ2v) is 6.73. The van der Waals surface area contributed by atoms with E-state index in [0.29, 0.717) is 11.8 Å². The van der Waals surface area contributed by atoms with Gasteiger partial charge in [-0.1, -0.05) is 25.1 Å². The van der Waals surface area contributed by atoms with Gasteiger partial charge in [-0.15, -0.1) is 10.2 Å². The molecule has 0 radical (unpaired) electrons. The summed E-state index contributed by atoms with van der Waals surface area (Å²) in [4.78, 5) is 3.52. The number of nitrogens with zero attached hydrogens (tertiary/aromatic N) is 2. The van der Waals surface area contributed by atoms with E-state index < -0.39 is 0 Å². The number of fused-ring (bicyclic) bond motifs is 3. The molecule has 0 aliphatic carbocycles. The summed E-state index contributed by atoms with van der Waals surface area (Å²) in [7, 11) is 1.64. The molecule has 0 fully saturated rings. The average Bonchev–Trinajstić information content (AvgIpc) is 3.38. The zero-order valence-electron chi connectivity index (χ0n) is 15.7. The van der Waals surface area contributed by atoms with Gasteiger partial charge < -0.3 is 14.1 Å². The standard InChI is InChI=1S/C23H19N3O2/c1-3-14-12-18-17-6-4-5-7-20(17)24-21(18)19(13-14)23-26-25-22(28-23)15-8-10-16(27-2)11-9-15/h4-13,24H,3H2,1-2H3. The van der Waals surface area contributed by atoms with Crippen LogP contribution in [0.5, 0.6) is 5.75 Å². The van der Waals surface area contributed by atoms with E-state index in [1.54, 1.807) is 7.11 Å². The fraction of sp³-hybridized carbons (Fsp3) is 0.130. The first kappa shape index (κ1) is 16.6. The molecule has 5 rings (SSSR count). The number of hydrogen-bond donors (Lipinski definition) is 1. The van der Waals surface area contributed by atoms with E-state index in [-0.39, 0.29) is 0 Å². The van der Waals surface area contributed by atoms with E-state index in [0.717, 1.165) is 34.3 Å². The van der Waals surface area contributed by atoms with E-state index in [9.17, 15) is 0 Å². The lowest BCUT2D eigenvalue weighted by Gasteiger charge is -2.03. The fourth-order valence-corrected chi connectivity index (χ4v) is 3.57. The van der Waals surface area contributed by atoms with Crippen molar-refractivity contribution < 1.29 is 9.15 Å². The summed E-state index contributed by atoms with van der Waals surface area (Å²) in [5.41, 5.74) is 5.14. The van der Waals surface area contributed by atoms with Gasteiger partial charge in [0, 0.05) is 21.9 Å². The van der Waals surface area contributed by atoms with Crippen LogP contribution in [-0.4, -0.2) is 22.3 Å². The number of ether oxygens (including phenoxy) is 1. The van der Waals surface area contributed by atoms with Crippen LogP contribution >= 0.6 is 0 Å². The summed E-state index contributed by atoms with van der Waals surface area (Å²) < 4.78 is 11.3. The molecular formula is C23H19N3O2. The first-order valence-corrected chi connectivity index (χ1v) is 9.28. The van der Waals surface area contributed by atoms with Crippen LogP contribution in [0.15, 0.2) is 65.1 Å². The van der Waals surface area contributed by atoms with Crippen LogP contribution in [-0.2, 0) is 6.42 Å². The van der Waals surface area contributed by atoms with Crippen LogP contribution in [0.2, 0.25) is 0 Å². The zero-order valence-corrected chi connectivity index (χ0v) is 15.7. The summed E-state index contributed by atoms with van der Waals surface area (Å²) in [5.74, 6) is 1.79. The van der Waals surface area contributed by atoms with E-state index in [1.807, 2.05) is 30.3 Å². The fourth-order valence-electron chi connectivity index (χ4n) is 3.57. The van der Waals surface area contributed by atoms with Crippen LogP contribution in [0.3, 0.4) is 0 Å². The molecule has 0 aliphatic heterocycles. The third-order valence-electron chi connectivity index (χ3n) is 5.08. The van der Waals surface area contributed by atoms with E-state index in [4.69, 9.17) is 9.15 Å². The van der Waals surface area contributed by atoms with Gasteiger partial charge in [-0.05, 0) is 54.4 Å². The van der Waals surface area contributed by atoms with Gasteiger partial charge in [-0.25, -0.2) is 0 Å². The molecule has 0 saturated carbocycles. The highest BCUT2D eigenvalue weighted by Crippen LogP contribution is 2.35. The molecule has 0 spiro atoms. The van der Waals surface area contributed by atoms with Crippen molar-refractivity contribution in [2.45, 2.75) is 13.3 Å². The zero-order chi connectivity index (χ0) is 19.1. The van der Waals surface area contributed by atoms with Crippen LogP contribution in [0.25, 0.3) is 44.7 Å². The number of H-pyrrole nitrogens is 1. The van der Waals surface area contributed by atoms with Gasteiger partial charge in [0.25, 0.3) is 0 Å². The molecule has 5 heteroatoms. The number of hydrogen-bond acceptors (Lipinski definition) is 4. The van der Waals surface area contributed by atoms with Gasteiger partial charge in [-0.2, -0.15) is 0 Å². The van der Waals surface area contributed by atoms with E-state index in [2.05, 4.69) is 52.4 Å². The van der Waals surface area contributed by atoms with Crippen LogP contribution < -0.4 is 4.74 Å². The molecule has 2 heterocycles. The normalized spacial score (nSPS) is 11.4. The number of nitrogens with one attached hydrogen (secondary N) is 1. The Balaban J connectivity index is 1.67. The largest absolute Gasteiger partial charge is 0.497 e. The SMILES string of the molecule is CCc1cc(-c2nnc(-c3ccc(OC)cc3)o2)c2[nH]c3ccccc3c2c1. The number of aromatic nitrogens is 3. The number of benzene rings is 3. The van der Waals surface area contributed by atoms with Crippen molar-refractivity contribution in [2.75, 3.05) is 7.11 Å². The van der Waals surface area contributed by atoms with Gasteiger partial charge in [0.05, 0.1) is 18.2 Å². The van der Waals surface area contributed by atoms with Crippen molar-refractivity contribution in [1.82, 2.24) is 15.2 Å². The molecule has 2 aromatic heterocycles. The molecular weight excluding hydrogens is 350 g/mol. The Morgan fingerprint density at radius 2 is 1.71 bits per heavy atom. The molecule has 138 valence electrons. The smallest absolute Gasteiger partial charge is 0.250 e. The first-order valence-electron chi connectivity index (χ1n) is 9.28. The second-order valence-electron chi connectivity index (χ2n) is 6.73. The Morgan fingerprint density at radius 1 is 0.929 bits per heavy atom. The third kappa shape index (κ3) is 2.63. The van der Waals surface area contributed by atoms with Crippen LogP contribution in [0, 0.1) is 0 Å². The summed E-state index contributed by atoms with van der Waals surface area (Å²) in [6, 6.07) is 20.3. The Kier molecular flexibility index (Phi) is 3.86. The highest BCUT2D eigenvalue weighted by molar-refractivity contribution is 6.11. The lowest BCUT2D eigenvalue weighted by molar-refractivity contribution is 0.415. The van der Waals surface area contributed by atoms with Crippen molar-refractivity contribution >= 4 is 21.8 Å². The predicted molar refractivity (Wildman–Crippen MR) is 110 cm³/mol. The molecule has 5 nitrogen and oxygen atoms in total. The lowest BCUT2D eigenvalue weighted by atomic mass is 10.0. The van der Waals surface area contributed by atoms with Gasteiger partial charge >= 0.3 is 0 Å². The average molecular weight is 369 g/mol. The molecule has 28 heavy (non-hydrogen) atoms. The molecule has 0 atom stereocenters. The first-order chi connectivity index (χ1) is 13.8. The van der Waals surface area contributed by atoms with Crippen LogP contribution in [0.1, 0.15) is 12.5 Å². The summed E-state index contributed by atoms with van der Waals surface area (Å²) in [5, 5.41) is 11.0. The lowest BCUT2D eigenvalue weighted by Crippen LogP contribution is -1.86.